The summed E-state index contributed by atoms with van der Waals surface area (Å²) in [6.07, 6.45) is 5.39. The van der Waals surface area contributed by atoms with Crippen molar-refractivity contribution in [3.8, 4) is 0 Å². The van der Waals surface area contributed by atoms with Gasteiger partial charge in [-0.1, -0.05) is 0 Å². The Hall–Kier alpha value is -1.36. The molecule has 1 atom stereocenters. The van der Waals surface area contributed by atoms with Crippen LogP contribution in [-0.4, -0.2) is 28.3 Å². The van der Waals surface area contributed by atoms with Gasteiger partial charge in [-0.3, -0.25) is 9.48 Å². The number of aryl methyl sites for hydroxylation is 1. The van der Waals surface area contributed by atoms with E-state index < -0.39 is 0 Å². The lowest BCUT2D eigenvalue weighted by Gasteiger charge is -2.10. The standard InChI is InChI=1S/C12H20N4O/c1-16-10(5-7-15-16)4-6-14-12(17)8-11(13)9-2-3-9/h5,7,9,11H,2-4,6,8,13H2,1H3,(H,14,17). The van der Waals surface area contributed by atoms with Crippen molar-refractivity contribution in [3.05, 3.63) is 18.0 Å². The van der Waals surface area contributed by atoms with Crippen molar-refractivity contribution >= 4 is 5.91 Å². The van der Waals surface area contributed by atoms with Gasteiger partial charge in [0.1, 0.15) is 0 Å². The van der Waals surface area contributed by atoms with Crippen molar-refractivity contribution in [2.24, 2.45) is 18.7 Å². The Bertz CT molecular complexity index is 384. The second-order valence-electron chi connectivity index (χ2n) is 4.75. The van der Waals surface area contributed by atoms with Gasteiger partial charge in [0.05, 0.1) is 0 Å². The molecule has 3 N–H and O–H groups in total. The van der Waals surface area contributed by atoms with Crippen LogP contribution in [0, 0.1) is 5.92 Å². The van der Waals surface area contributed by atoms with E-state index in [-0.39, 0.29) is 11.9 Å². The maximum atomic E-state index is 11.6. The van der Waals surface area contributed by atoms with Crippen molar-refractivity contribution in [1.82, 2.24) is 15.1 Å². The Kier molecular flexibility index (Phi) is 3.78. The smallest absolute Gasteiger partial charge is 0.221 e. The quantitative estimate of drug-likeness (QED) is 0.741. The van der Waals surface area contributed by atoms with Gasteiger partial charge in [0.15, 0.2) is 0 Å². The number of carbonyl (C=O) groups is 1. The predicted molar refractivity (Wildman–Crippen MR) is 65.2 cm³/mol. The fourth-order valence-corrected chi connectivity index (χ4v) is 1.95. The first-order valence-corrected chi connectivity index (χ1v) is 6.16. The van der Waals surface area contributed by atoms with Gasteiger partial charge < -0.3 is 11.1 Å². The normalized spacial score (nSPS) is 16.8. The molecule has 1 aliphatic carbocycles. The first-order chi connectivity index (χ1) is 8.16. The number of hydrogen-bond acceptors (Lipinski definition) is 3. The van der Waals surface area contributed by atoms with Crippen LogP contribution in [0.4, 0.5) is 0 Å². The van der Waals surface area contributed by atoms with E-state index in [0.717, 1.165) is 12.1 Å². The summed E-state index contributed by atoms with van der Waals surface area (Å²) in [7, 11) is 1.90. The highest BCUT2D eigenvalue weighted by Crippen LogP contribution is 2.32. The van der Waals surface area contributed by atoms with Crippen LogP contribution >= 0.6 is 0 Å². The number of aromatic nitrogens is 2. The van der Waals surface area contributed by atoms with Crippen LogP contribution in [-0.2, 0) is 18.3 Å². The van der Waals surface area contributed by atoms with Crippen LogP contribution in [0.3, 0.4) is 0 Å². The minimum absolute atomic E-state index is 0.0479. The summed E-state index contributed by atoms with van der Waals surface area (Å²) in [6.45, 7) is 0.649. The molecule has 1 amide bonds. The Morgan fingerprint density at radius 3 is 3.06 bits per heavy atom. The van der Waals surface area contributed by atoms with E-state index in [9.17, 15) is 4.79 Å². The molecule has 1 aromatic rings. The second-order valence-corrected chi connectivity index (χ2v) is 4.75. The number of rotatable bonds is 6. The third-order valence-corrected chi connectivity index (χ3v) is 3.27. The zero-order valence-electron chi connectivity index (χ0n) is 10.2. The molecule has 1 aliphatic rings. The maximum absolute atomic E-state index is 11.6. The molecule has 5 heteroatoms. The van der Waals surface area contributed by atoms with E-state index >= 15 is 0 Å². The fourth-order valence-electron chi connectivity index (χ4n) is 1.95. The Morgan fingerprint density at radius 1 is 1.71 bits per heavy atom. The lowest BCUT2D eigenvalue weighted by molar-refractivity contribution is -0.121. The van der Waals surface area contributed by atoms with Gasteiger partial charge in [-0.15, -0.1) is 0 Å². The number of hydrogen-bond donors (Lipinski definition) is 2. The van der Waals surface area contributed by atoms with Gasteiger partial charge in [-0.25, -0.2) is 0 Å². The average Bonchev–Trinajstić information content (AvgIpc) is 3.05. The van der Waals surface area contributed by atoms with Crippen LogP contribution in [0.25, 0.3) is 0 Å². The molecule has 0 spiro atoms. The Balaban J connectivity index is 1.64. The maximum Gasteiger partial charge on any atom is 0.221 e. The van der Waals surface area contributed by atoms with Gasteiger partial charge in [0.25, 0.3) is 0 Å². The van der Waals surface area contributed by atoms with E-state index in [4.69, 9.17) is 5.73 Å². The van der Waals surface area contributed by atoms with Gasteiger partial charge in [-0.2, -0.15) is 5.10 Å². The summed E-state index contributed by atoms with van der Waals surface area (Å²) in [5, 5.41) is 6.98. The minimum Gasteiger partial charge on any atom is -0.356 e. The zero-order chi connectivity index (χ0) is 12.3. The van der Waals surface area contributed by atoms with Crippen molar-refractivity contribution in [2.75, 3.05) is 6.54 Å². The van der Waals surface area contributed by atoms with Crippen molar-refractivity contribution in [2.45, 2.75) is 31.7 Å². The lowest BCUT2D eigenvalue weighted by atomic mass is 10.1. The molecule has 5 nitrogen and oxygen atoms in total. The molecule has 0 aromatic carbocycles. The SMILES string of the molecule is Cn1nccc1CCNC(=O)CC(N)C1CC1. The highest BCUT2D eigenvalue weighted by atomic mass is 16.1. The van der Waals surface area contributed by atoms with E-state index in [2.05, 4.69) is 10.4 Å². The van der Waals surface area contributed by atoms with Crippen LogP contribution in [0.5, 0.6) is 0 Å². The highest BCUT2D eigenvalue weighted by Gasteiger charge is 2.29. The number of amides is 1. The van der Waals surface area contributed by atoms with E-state index in [0.29, 0.717) is 18.9 Å². The van der Waals surface area contributed by atoms with Crippen molar-refractivity contribution in [3.63, 3.8) is 0 Å². The molecule has 1 aromatic heterocycles. The average molecular weight is 236 g/mol. The number of nitrogens with one attached hydrogen (secondary N) is 1. The largest absolute Gasteiger partial charge is 0.356 e. The molecule has 94 valence electrons. The molecule has 0 bridgehead atoms. The van der Waals surface area contributed by atoms with Crippen LogP contribution in [0.2, 0.25) is 0 Å². The minimum atomic E-state index is 0.0479. The van der Waals surface area contributed by atoms with Gasteiger partial charge in [0, 0.05) is 44.4 Å². The van der Waals surface area contributed by atoms with E-state index in [1.807, 2.05) is 17.8 Å². The van der Waals surface area contributed by atoms with Gasteiger partial charge in [-0.05, 0) is 24.8 Å². The van der Waals surface area contributed by atoms with Crippen LogP contribution in [0.15, 0.2) is 12.3 Å². The molecular formula is C12H20N4O. The summed E-state index contributed by atoms with van der Waals surface area (Å²) in [5.41, 5.74) is 7.02. The number of nitrogens with zero attached hydrogens (tertiary/aromatic N) is 2. The zero-order valence-corrected chi connectivity index (χ0v) is 10.2. The summed E-state index contributed by atoms with van der Waals surface area (Å²) in [4.78, 5) is 11.6. The van der Waals surface area contributed by atoms with Crippen molar-refractivity contribution < 1.29 is 4.79 Å². The number of carbonyl (C=O) groups excluding carboxylic acids is 1. The first-order valence-electron chi connectivity index (χ1n) is 6.16. The third kappa shape index (κ3) is 3.56. The van der Waals surface area contributed by atoms with Crippen molar-refractivity contribution in [1.29, 1.82) is 0 Å². The second kappa shape index (κ2) is 5.31. The summed E-state index contributed by atoms with van der Waals surface area (Å²) in [6, 6.07) is 2.01. The molecule has 17 heavy (non-hydrogen) atoms. The Labute approximate surface area is 101 Å². The van der Waals surface area contributed by atoms with Crippen LogP contribution < -0.4 is 11.1 Å². The van der Waals surface area contributed by atoms with Crippen LogP contribution in [0.1, 0.15) is 25.0 Å². The van der Waals surface area contributed by atoms with E-state index in [1.165, 1.54) is 12.8 Å². The molecule has 2 rings (SSSR count). The molecule has 0 aliphatic heterocycles. The molecule has 1 unspecified atom stereocenters. The third-order valence-electron chi connectivity index (χ3n) is 3.27. The molecule has 1 heterocycles. The molecule has 1 fully saturated rings. The molecule has 1 saturated carbocycles. The van der Waals surface area contributed by atoms with E-state index in [1.54, 1.807) is 6.20 Å². The summed E-state index contributed by atoms with van der Waals surface area (Å²) >= 11 is 0. The predicted octanol–water partition coefficient (Wildman–Crippen LogP) is 0.206. The molecule has 0 saturated heterocycles. The lowest BCUT2D eigenvalue weighted by Crippen LogP contribution is -2.34. The summed E-state index contributed by atoms with van der Waals surface area (Å²) < 4.78 is 1.82. The first kappa shape index (κ1) is 12.1. The fraction of sp³-hybridized carbons (Fsp3) is 0.667. The van der Waals surface area contributed by atoms with Gasteiger partial charge in [0.2, 0.25) is 5.91 Å². The highest BCUT2D eigenvalue weighted by molar-refractivity contribution is 5.76. The monoisotopic (exact) mass is 236 g/mol. The number of nitrogens with two attached hydrogens (primary N) is 1. The Morgan fingerprint density at radius 2 is 2.47 bits per heavy atom. The summed E-state index contributed by atoms with van der Waals surface area (Å²) in [5.74, 6) is 0.643. The topological polar surface area (TPSA) is 72.9 Å². The molecule has 0 radical (unpaired) electrons. The van der Waals surface area contributed by atoms with Gasteiger partial charge >= 0.3 is 0 Å². The molecular weight excluding hydrogens is 216 g/mol.